The summed E-state index contributed by atoms with van der Waals surface area (Å²) < 4.78 is 13.8. The van der Waals surface area contributed by atoms with E-state index in [2.05, 4.69) is 5.32 Å². The summed E-state index contributed by atoms with van der Waals surface area (Å²) in [6, 6.07) is 1.94. The smallest absolute Gasteiger partial charge is 0.170 e. The number of rotatable bonds is 0. The van der Waals surface area contributed by atoms with Crippen LogP contribution in [0, 0.1) is 11.7 Å². The fourth-order valence-electron chi connectivity index (χ4n) is 5.03. The third-order valence-electron chi connectivity index (χ3n) is 5.77. The van der Waals surface area contributed by atoms with E-state index < -0.39 is 5.82 Å². The molecule has 0 unspecified atom stereocenters. The number of hydrogen-bond acceptors (Lipinski definition) is 2. The molecule has 2 fully saturated rings. The highest BCUT2D eigenvalue weighted by Gasteiger charge is 2.52. The van der Waals surface area contributed by atoms with Gasteiger partial charge in [-0.15, -0.1) is 0 Å². The standard InChI is InChI=1S/C16H19ClFNO/c17-14-13-9(7-11(18)15(14)20)8-12-10-3-1-2-4-16(10,13)5-6-19-12/h7,10,12,19-20H,1-6,8H2/t10-,12+,16+/m1/s1. The van der Waals surface area contributed by atoms with Crippen molar-refractivity contribution in [2.75, 3.05) is 6.54 Å². The molecule has 3 aliphatic rings. The van der Waals surface area contributed by atoms with Gasteiger partial charge in [0.2, 0.25) is 0 Å². The van der Waals surface area contributed by atoms with E-state index in [1.807, 2.05) is 0 Å². The van der Waals surface area contributed by atoms with Crippen molar-refractivity contribution in [2.45, 2.75) is 50.0 Å². The van der Waals surface area contributed by atoms with Gasteiger partial charge in [0.15, 0.2) is 11.6 Å². The van der Waals surface area contributed by atoms with Gasteiger partial charge in [-0.3, -0.25) is 0 Å². The largest absolute Gasteiger partial charge is 0.504 e. The van der Waals surface area contributed by atoms with Gasteiger partial charge in [0, 0.05) is 11.5 Å². The average Bonchev–Trinajstić information content (AvgIpc) is 2.44. The Morgan fingerprint density at radius 1 is 1.35 bits per heavy atom. The van der Waals surface area contributed by atoms with Crippen LogP contribution in [0.1, 0.15) is 43.2 Å². The first-order chi connectivity index (χ1) is 9.63. The lowest BCUT2D eigenvalue weighted by Crippen LogP contribution is -2.59. The van der Waals surface area contributed by atoms with Gasteiger partial charge in [0.25, 0.3) is 0 Å². The molecule has 0 radical (unpaired) electrons. The molecule has 2 N–H and O–H groups in total. The lowest BCUT2D eigenvalue weighted by Gasteiger charge is -2.56. The van der Waals surface area contributed by atoms with E-state index in [1.54, 1.807) is 0 Å². The Bertz CT molecular complexity index is 572. The van der Waals surface area contributed by atoms with Crippen LogP contribution in [0.3, 0.4) is 0 Å². The zero-order valence-electron chi connectivity index (χ0n) is 11.4. The highest BCUT2D eigenvalue weighted by Crippen LogP contribution is 2.57. The quantitative estimate of drug-likeness (QED) is 0.767. The van der Waals surface area contributed by atoms with Crippen LogP contribution in [-0.4, -0.2) is 17.7 Å². The number of halogens is 2. The van der Waals surface area contributed by atoms with Crippen molar-refractivity contribution in [1.29, 1.82) is 0 Å². The van der Waals surface area contributed by atoms with Crippen molar-refractivity contribution >= 4 is 11.6 Å². The zero-order chi connectivity index (χ0) is 13.9. The highest BCUT2D eigenvalue weighted by atomic mass is 35.5. The lowest BCUT2D eigenvalue weighted by molar-refractivity contribution is 0.0794. The van der Waals surface area contributed by atoms with Crippen LogP contribution in [0.4, 0.5) is 4.39 Å². The van der Waals surface area contributed by atoms with Crippen molar-refractivity contribution in [3.8, 4) is 5.75 Å². The zero-order valence-corrected chi connectivity index (χ0v) is 12.1. The second-order valence-corrected chi connectivity index (χ2v) is 6.96. The molecule has 2 bridgehead atoms. The first-order valence-corrected chi connectivity index (χ1v) is 7.95. The van der Waals surface area contributed by atoms with Gasteiger partial charge in [-0.1, -0.05) is 24.4 Å². The van der Waals surface area contributed by atoms with Crippen LogP contribution in [0.5, 0.6) is 5.75 Å². The summed E-state index contributed by atoms with van der Waals surface area (Å²) in [4.78, 5) is 0. The van der Waals surface area contributed by atoms with Gasteiger partial charge in [-0.25, -0.2) is 4.39 Å². The van der Waals surface area contributed by atoms with E-state index in [4.69, 9.17) is 11.6 Å². The van der Waals surface area contributed by atoms with E-state index in [0.717, 1.165) is 36.9 Å². The molecule has 4 heteroatoms. The Labute approximate surface area is 123 Å². The minimum atomic E-state index is -0.586. The summed E-state index contributed by atoms with van der Waals surface area (Å²) in [5.41, 5.74) is 2.12. The van der Waals surface area contributed by atoms with Crippen molar-refractivity contribution < 1.29 is 9.50 Å². The monoisotopic (exact) mass is 295 g/mol. The molecule has 1 saturated heterocycles. The molecule has 0 amide bonds. The van der Waals surface area contributed by atoms with E-state index >= 15 is 0 Å². The van der Waals surface area contributed by atoms with Crippen molar-refractivity contribution in [1.82, 2.24) is 5.32 Å². The first-order valence-electron chi connectivity index (χ1n) is 7.57. The molecule has 1 aromatic rings. The molecule has 0 aromatic heterocycles. The summed E-state index contributed by atoms with van der Waals surface area (Å²) in [5.74, 6) is -0.363. The normalized spacial score (nSPS) is 35.3. The summed E-state index contributed by atoms with van der Waals surface area (Å²) in [5, 5.41) is 13.8. The number of benzene rings is 1. The van der Waals surface area contributed by atoms with Gasteiger partial charge in [0.05, 0.1) is 5.02 Å². The number of aromatic hydroxyl groups is 1. The third kappa shape index (κ3) is 1.54. The number of nitrogens with one attached hydrogen (secondary N) is 1. The molecular formula is C16H19ClFNO. The van der Waals surface area contributed by atoms with Crippen LogP contribution in [0.15, 0.2) is 6.07 Å². The van der Waals surface area contributed by atoms with Crippen molar-refractivity contribution in [2.24, 2.45) is 5.92 Å². The summed E-state index contributed by atoms with van der Waals surface area (Å²) >= 11 is 6.37. The second kappa shape index (κ2) is 4.35. The maximum atomic E-state index is 13.8. The van der Waals surface area contributed by atoms with E-state index in [1.165, 1.54) is 25.3 Å². The summed E-state index contributed by atoms with van der Waals surface area (Å²) in [7, 11) is 0. The molecule has 20 heavy (non-hydrogen) atoms. The van der Waals surface area contributed by atoms with Gasteiger partial charge in [0.1, 0.15) is 0 Å². The molecule has 2 aliphatic carbocycles. The number of piperidine rings is 1. The lowest BCUT2D eigenvalue weighted by atomic mass is 9.53. The summed E-state index contributed by atoms with van der Waals surface area (Å²) in [6.45, 7) is 0.995. The van der Waals surface area contributed by atoms with E-state index in [-0.39, 0.29) is 16.2 Å². The Kier molecular flexibility index (Phi) is 2.80. The first kappa shape index (κ1) is 12.9. The Morgan fingerprint density at radius 3 is 3.05 bits per heavy atom. The maximum Gasteiger partial charge on any atom is 0.170 e. The van der Waals surface area contributed by atoms with Crippen LogP contribution in [0.2, 0.25) is 5.02 Å². The number of fused-ring (bicyclic) bond motifs is 1. The highest BCUT2D eigenvalue weighted by molar-refractivity contribution is 6.33. The van der Waals surface area contributed by atoms with E-state index in [0.29, 0.717) is 12.0 Å². The fraction of sp³-hybridized carbons (Fsp3) is 0.625. The van der Waals surface area contributed by atoms with Gasteiger partial charge in [-0.05, 0) is 55.3 Å². The third-order valence-corrected chi connectivity index (χ3v) is 6.14. The Balaban J connectivity index is 1.97. The molecule has 4 rings (SSSR count). The molecule has 2 nitrogen and oxygen atoms in total. The maximum absolute atomic E-state index is 13.8. The van der Waals surface area contributed by atoms with E-state index in [9.17, 15) is 9.50 Å². The Hall–Kier alpha value is -0.800. The van der Waals surface area contributed by atoms with Crippen LogP contribution >= 0.6 is 11.6 Å². The number of phenolic OH excluding ortho intramolecular Hbond substituents is 1. The molecule has 1 heterocycles. The van der Waals surface area contributed by atoms with Crippen LogP contribution in [0.25, 0.3) is 0 Å². The Morgan fingerprint density at radius 2 is 2.20 bits per heavy atom. The molecule has 1 saturated carbocycles. The molecule has 3 atom stereocenters. The second-order valence-electron chi connectivity index (χ2n) is 6.58. The molecule has 108 valence electrons. The summed E-state index contributed by atoms with van der Waals surface area (Å²) in [6.07, 6.45) is 6.69. The van der Waals surface area contributed by atoms with Gasteiger partial charge < -0.3 is 10.4 Å². The molecule has 1 aromatic carbocycles. The van der Waals surface area contributed by atoms with Gasteiger partial charge >= 0.3 is 0 Å². The number of hydrogen-bond donors (Lipinski definition) is 2. The fourth-order valence-corrected chi connectivity index (χ4v) is 5.43. The predicted octanol–water partition coefficient (Wildman–Crippen LogP) is 3.53. The number of phenols is 1. The predicted molar refractivity (Wildman–Crippen MR) is 76.8 cm³/mol. The van der Waals surface area contributed by atoms with Crippen LogP contribution < -0.4 is 5.32 Å². The van der Waals surface area contributed by atoms with Crippen molar-refractivity contribution in [3.63, 3.8) is 0 Å². The molecule has 0 spiro atoms. The van der Waals surface area contributed by atoms with Crippen molar-refractivity contribution in [3.05, 3.63) is 28.0 Å². The minimum Gasteiger partial charge on any atom is -0.504 e. The minimum absolute atomic E-state index is 0.0595. The molecule has 1 aliphatic heterocycles. The molecular weight excluding hydrogens is 277 g/mol. The SMILES string of the molecule is Oc1c(F)cc2c(c1Cl)[C@]13CCCC[C@@H]1[C@H](C2)NCC3. The topological polar surface area (TPSA) is 32.3 Å². The van der Waals surface area contributed by atoms with Crippen LogP contribution in [-0.2, 0) is 11.8 Å². The van der Waals surface area contributed by atoms with Gasteiger partial charge in [-0.2, -0.15) is 0 Å². The average molecular weight is 296 g/mol.